The summed E-state index contributed by atoms with van der Waals surface area (Å²) in [5.41, 5.74) is 5.27. The van der Waals surface area contributed by atoms with Gasteiger partial charge in [0.05, 0.1) is 13.2 Å². The highest BCUT2D eigenvalue weighted by Crippen LogP contribution is 2.17. The second-order valence-electron chi connectivity index (χ2n) is 6.83. The number of ether oxygens (including phenoxy) is 1. The van der Waals surface area contributed by atoms with Crippen LogP contribution >= 0.6 is 0 Å². The molecule has 0 aliphatic rings. The molecule has 2 N–H and O–H groups in total. The predicted octanol–water partition coefficient (Wildman–Crippen LogP) is 4.98. The van der Waals surface area contributed by atoms with Crippen molar-refractivity contribution in [2.75, 3.05) is 23.8 Å². The molecular weight excluding hydrogens is 348 g/mol. The smallest absolute Gasteiger partial charge is 0.243 e. The number of nitrogens with one attached hydrogen (secondary N) is 2. The fourth-order valence-corrected chi connectivity index (χ4v) is 2.87. The molecule has 0 heterocycles. The van der Waals surface area contributed by atoms with Gasteiger partial charge in [0.1, 0.15) is 5.75 Å². The quantitative estimate of drug-likeness (QED) is 0.585. The molecule has 1 amide bonds. The van der Waals surface area contributed by atoms with Gasteiger partial charge in [-0.25, -0.2) is 0 Å². The minimum absolute atomic E-state index is 0.0846. The molecule has 4 nitrogen and oxygen atoms in total. The first-order valence-corrected chi connectivity index (χ1v) is 9.48. The van der Waals surface area contributed by atoms with Gasteiger partial charge in [-0.2, -0.15) is 0 Å². The Morgan fingerprint density at radius 1 is 0.929 bits per heavy atom. The van der Waals surface area contributed by atoms with E-state index in [9.17, 15) is 4.79 Å². The van der Waals surface area contributed by atoms with Gasteiger partial charge >= 0.3 is 0 Å². The van der Waals surface area contributed by atoms with Crippen LogP contribution in [0.5, 0.6) is 5.75 Å². The molecule has 0 spiro atoms. The average Bonchev–Trinajstić information content (AvgIpc) is 2.71. The van der Waals surface area contributed by atoms with E-state index in [0.29, 0.717) is 6.61 Å². The Hall–Kier alpha value is -3.27. The predicted molar refractivity (Wildman–Crippen MR) is 115 cm³/mol. The van der Waals surface area contributed by atoms with Gasteiger partial charge in [-0.05, 0) is 60.9 Å². The second-order valence-corrected chi connectivity index (χ2v) is 6.83. The Balaban J connectivity index is 1.44. The van der Waals surface area contributed by atoms with Crippen molar-refractivity contribution in [2.24, 2.45) is 0 Å². The van der Waals surface area contributed by atoms with E-state index in [-0.39, 0.29) is 12.5 Å². The fourth-order valence-electron chi connectivity index (χ4n) is 2.87. The summed E-state index contributed by atoms with van der Waals surface area (Å²) in [6.45, 7) is 4.90. The van der Waals surface area contributed by atoms with Crippen LogP contribution in [0.15, 0.2) is 72.8 Å². The van der Waals surface area contributed by atoms with Gasteiger partial charge in [0.15, 0.2) is 0 Å². The normalized spacial score (nSPS) is 10.4. The zero-order valence-corrected chi connectivity index (χ0v) is 16.4. The molecule has 28 heavy (non-hydrogen) atoms. The van der Waals surface area contributed by atoms with Crippen LogP contribution in [0.25, 0.3) is 0 Å². The molecule has 3 rings (SSSR count). The maximum Gasteiger partial charge on any atom is 0.243 e. The lowest BCUT2D eigenvalue weighted by Crippen LogP contribution is -2.22. The summed E-state index contributed by atoms with van der Waals surface area (Å²) < 4.78 is 5.77. The number of hydrogen-bond acceptors (Lipinski definition) is 3. The SMILES string of the molecule is Cc1ccc(C)c(NCC(=O)Nc2ccc(OCCc3ccccc3)cc2)c1. The van der Waals surface area contributed by atoms with Gasteiger partial charge in [0, 0.05) is 17.8 Å². The molecule has 0 bridgehead atoms. The molecule has 0 saturated carbocycles. The summed E-state index contributed by atoms with van der Waals surface area (Å²) in [4.78, 5) is 12.2. The summed E-state index contributed by atoms with van der Waals surface area (Å²) in [7, 11) is 0. The number of carbonyl (C=O) groups is 1. The van der Waals surface area contributed by atoms with Crippen LogP contribution in [-0.4, -0.2) is 19.1 Å². The number of carbonyl (C=O) groups excluding carboxylic acids is 1. The largest absolute Gasteiger partial charge is 0.493 e. The lowest BCUT2D eigenvalue weighted by Gasteiger charge is -2.11. The number of amides is 1. The molecule has 0 atom stereocenters. The third kappa shape index (κ3) is 5.88. The van der Waals surface area contributed by atoms with Crippen molar-refractivity contribution in [3.8, 4) is 5.75 Å². The van der Waals surface area contributed by atoms with E-state index in [0.717, 1.165) is 34.7 Å². The number of benzene rings is 3. The Morgan fingerprint density at radius 2 is 1.68 bits per heavy atom. The molecule has 144 valence electrons. The zero-order valence-electron chi connectivity index (χ0n) is 16.4. The number of rotatable bonds is 8. The van der Waals surface area contributed by atoms with Crippen LogP contribution in [0.3, 0.4) is 0 Å². The van der Waals surface area contributed by atoms with Crippen LogP contribution < -0.4 is 15.4 Å². The minimum Gasteiger partial charge on any atom is -0.493 e. The van der Waals surface area contributed by atoms with E-state index in [2.05, 4.69) is 28.8 Å². The third-order valence-electron chi connectivity index (χ3n) is 4.47. The number of hydrogen-bond donors (Lipinski definition) is 2. The van der Waals surface area contributed by atoms with Crippen LogP contribution in [0, 0.1) is 13.8 Å². The zero-order chi connectivity index (χ0) is 19.8. The van der Waals surface area contributed by atoms with Gasteiger partial charge < -0.3 is 15.4 Å². The molecule has 4 heteroatoms. The monoisotopic (exact) mass is 374 g/mol. The van der Waals surface area contributed by atoms with E-state index >= 15 is 0 Å². The highest BCUT2D eigenvalue weighted by atomic mass is 16.5. The van der Waals surface area contributed by atoms with Gasteiger partial charge in [-0.1, -0.05) is 42.5 Å². The van der Waals surface area contributed by atoms with Gasteiger partial charge in [0.25, 0.3) is 0 Å². The standard InChI is InChI=1S/C24H26N2O2/c1-18-8-9-19(2)23(16-18)25-17-24(27)26-21-10-12-22(13-11-21)28-15-14-20-6-4-3-5-7-20/h3-13,16,25H,14-15,17H2,1-2H3,(H,26,27). The topological polar surface area (TPSA) is 50.4 Å². The summed E-state index contributed by atoms with van der Waals surface area (Å²) in [5, 5.41) is 6.09. The van der Waals surface area contributed by atoms with Crippen molar-refractivity contribution in [3.05, 3.63) is 89.5 Å². The van der Waals surface area contributed by atoms with Gasteiger partial charge in [-0.3, -0.25) is 4.79 Å². The number of anilines is 2. The van der Waals surface area contributed by atoms with Crippen molar-refractivity contribution in [2.45, 2.75) is 20.3 Å². The Labute approximate surface area is 166 Å². The maximum absolute atomic E-state index is 12.2. The first-order valence-electron chi connectivity index (χ1n) is 9.48. The lowest BCUT2D eigenvalue weighted by molar-refractivity contribution is -0.114. The van der Waals surface area contributed by atoms with Gasteiger partial charge in [0.2, 0.25) is 5.91 Å². The summed E-state index contributed by atoms with van der Waals surface area (Å²) in [5.74, 6) is 0.709. The average molecular weight is 374 g/mol. The van der Waals surface area contributed by atoms with Crippen LogP contribution in [0.2, 0.25) is 0 Å². The molecule has 0 saturated heterocycles. The number of aryl methyl sites for hydroxylation is 2. The lowest BCUT2D eigenvalue weighted by atomic mass is 10.1. The van der Waals surface area contributed by atoms with E-state index in [1.807, 2.05) is 68.4 Å². The van der Waals surface area contributed by atoms with E-state index in [1.54, 1.807) is 0 Å². The molecule has 0 fully saturated rings. The van der Waals surface area contributed by atoms with Crippen molar-refractivity contribution in [1.82, 2.24) is 0 Å². The van der Waals surface area contributed by atoms with Crippen LogP contribution in [0.1, 0.15) is 16.7 Å². The Kier molecular flexibility index (Phi) is 6.68. The maximum atomic E-state index is 12.2. The van der Waals surface area contributed by atoms with Crippen molar-refractivity contribution >= 4 is 17.3 Å². The van der Waals surface area contributed by atoms with Crippen molar-refractivity contribution in [3.63, 3.8) is 0 Å². The fraction of sp³-hybridized carbons (Fsp3) is 0.208. The molecule has 3 aromatic rings. The van der Waals surface area contributed by atoms with Crippen LogP contribution in [0.4, 0.5) is 11.4 Å². The third-order valence-corrected chi connectivity index (χ3v) is 4.47. The Bertz CT molecular complexity index is 906. The van der Waals surface area contributed by atoms with Crippen molar-refractivity contribution in [1.29, 1.82) is 0 Å². The van der Waals surface area contributed by atoms with Gasteiger partial charge in [-0.15, -0.1) is 0 Å². The second kappa shape index (κ2) is 9.60. The molecule has 0 aromatic heterocycles. The molecule has 3 aromatic carbocycles. The highest BCUT2D eigenvalue weighted by Gasteiger charge is 2.05. The summed E-state index contributed by atoms with van der Waals surface area (Å²) in [6.07, 6.45) is 0.864. The van der Waals surface area contributed by atoms with E-state index < -0.39 is 0 Å². The van der Waals surface area contributed by atoms with E-state index in [4.69, 9.17) is 4.74 Å². The summed E-state index contributed by atoms with van der Waals surface area (Å²) in [6, 6.07) is 23.9. The molecule has 0 aliphatic carbocycles. The minimum atomic E-state index is -0.0846. The summed E-state index contributed by atoms with van der Waals surface area (Å²) >= 11 is 0. The first-order chi connectivity index (χ1) is 13.6. The molecule has 0 unspecified atom stereocenters. The Morgan fingerprint density at radius 3 is 2.43 bits per heavy atom. The molecule has 0 aliphatic heterocycles. The molecular formula is C24H26N2O2. The van der Waals surface area contributed by atoms with Crippen molar-refractivity contribution < 1.29 is 9.53 Å². The highest BCUT2D eigenvalue weighted by molar-refractivity contribution is 5.93. The van der Waals surface area contributed by atoms with E-state index in [1.165, 1.54) is 5.56 Å². The molecule has 0 radical (unpaired) electrons. The van der Waals surface area contributed by atoms with Crippen LogP contribution in [-0.2, 0) is 11.2 Å². The first kappa shape index (κ1) is 19.5.